The zero-order chi connectivity index (χ0) is 15.8. The molecule has 0 saturated heterocycles. The predicted octanol–water partition coefficient (Wildman–Crippen LogP) is 3.93. The van der Waals surface area contributed by atoms with Crippen LogP contribution in [0.15, 0.2) is 53.0 Å². The standard InChI is InChI=1S/C17H18BrNO3/c1-21-15-7-8-16(18)14(11-15)9-10-19-17(20)22-12-13-5-3-2-4-6-13/h2-8,11H,9-10,12H2,1H3,(H,19,20). The smallest absolute Gasteiger partial charge is 0.407 e. The van der Waals surface area contributed by atoms with Gasteiger partial charge in [0, 0.05) is 11.0 Å². The first-order valence-corrected chi connectivity index (χ1v) is 7.75. The Bertz CT molecular complexity index is 617. The molecule has 4 nitrogen and oxygen atoms in total. The normalized spacial score (nSPS) is 10.1. The molecule has 0 unspecified atom stereocenters. The van der Waals surface area contributed by atoms with Crippen LogP contribution in [-0.4, -0.2) is 19.7 Å². The number of benzene rings is 2. The van der Waals surface area contributed by atoms with Gasteiger partial charge in [0.25, 0.3) is 0 Å². The molecule has 0 spiro atoms. The Hall–Kier alpha value is -2.01. The van der Waals surface area contributed by atoms with E-state index in [-0.39, 0.29) is 6.61 Å². The summed E-state index contributed by atoms with van der Waals surface area (Å²) in [5.74, 6) is 0.796. The Morgan fingerprint density at radius 3 is 2.68 bits per heavy atom. The molecular formula is C17H18BrNO3. The summed E-state index contributed by atoms with van der Waals surface area (Å²) in [7, 11) is 1.63. The molecule has 2 rings (SSSR count). The first kappa shape index (κ1) is 16.4. The molecule has 0 radical (unpaired) electrons. The van der Waals surface area contributed by atoms with Crippen molar-refractivity contribution in [3.05, 3.63) is 64.1 Å². The molecule has 1 N–H and O–H groups in total. The van der Waals surface area contributed by atoms with E-state index in [1.807, 2.05) is 48.5 Å². The van der Waals surface area contributed by atoms with Gasteiger partial charge in [-0.25, -0.2) is 4.79 Å². The summed E-state index contributed by atoms with van der Waals surface area (Å²) < 4.78 is 11.3. The summed E-state index contributed by atoms with van der Waals surface area (Å²) in [5.41, 5.74) is 2.04. The number of amides is 1. The van der Waals surface area contributed by atoms with E-state index in [1.165, 1.54) is 0 Å². The van der Waals surface area contributed by atoms with Crippen molar-refractivity contribution in [1.29, 1.82) is 0 Å². The summed E-state index contributed by atoms with van der Waals surface area (Å²) in [6.07, 6.45) is 0.279. The molecular weight excluding hydrogens is 346 g/mol. The van der Waals surface area contributed by atoms with Gasteiger partial charge in [-0.05, 0) is 35.7 Å². The number of methoxy groups -OCH3 is 1. The van der Waals surface area contributed by atoms with Crippen molar-refractivity contribution in [3.63, 3.8) is 0 Å². The highest BCUT2D eigenvalue weighted by atomic mass is 79.9. The molecule has 116 valence electrons. The molecule has 0 fully saturated rings. The van der Waals surface area contributed by atoms with Crippen LogP contribution in [0, 0.1) is 0 Å². The quantitative estimate of drug-likeness (QED) is 0.845. The van der Waals surface area contributed by atoms with Crippen molar-refractivity contribution in [2.45, 2.75) is 13.0 Å². The molecule has 0 heterocycles. The van der Waals surface area contributed by atoms with Gasteiger partial charge in [-0.2, -0.15) is 0 Å². The Labute approximate surface area is 138 Å². The third-order valence-electron chi connectivity index (χ3n) is 3.13. The van der Waals surface area contributed by atoms with Gasteiger partial charge in [0.05, 0.1) is 7.11 Å². The van der Waals surface area contributed by atoms with E-state index >= 15 is 0 Å². The van der Waals surface area contributed by atoms with Gasteiger partial charge in [0.1, 0.15) is 12.4 Å². The molecule has 5 heteroatoms. The van der Waals surface area contributed by atoms with E-state index in [4.69, 9.17) is 9.47 Å². The average molecular weight is 364 g/mol. The largest absolute Gasteiger partial charge is 0.497 e. The van der Waals surface area contributed by atoms with E-state index in [2.05, 4.69) is 21.2 Å². The van der Waals surface area contributed by atoms with Crippen LogP contribution in [-0.2, 0) is 17.8 Å². The van der Waals surface area contributed by atoms with E-state index in [0.29, 0.717) is 13.0 Å². The number of carbonyl (C=O) groups is 1. The highest BCUT2D eigenvalue weighted by molar-refractivity contribution is 9.10. The topological polar surface area (TPSA) is 47.6 Å². The molecule has 1 amide bonds. The Balaban J connectivity index is 1.75. The fourth-order valence-electron chi connectivity index (χ4n) is 1.94. The average Bonchev–Trinajstić information content (AvgIpc) is 2.55. The number of carbonyl (C=O) groups excluding carboxylic acids is 1. The number of alkyl carbamates (subject to hydrolysis) is 1. The summed E-state index contributed by atoms with van der Waals surface area (Å²) in [6, 6.07) is 15.3. The van der Waals surface area contributed by atoms with Crippen LogP contribution >= 0.6 is 15.9 Å². The Kier molecular flexibility index (Phi) is 6.27. The molecule has 0 aromatic heterocycles. The van der Waals surface area contributed by atoms with Crippen LogP contribution in [0.5, 0.6) is 5.75 Å². The predicted molar refractivity (Wildman–Crippen MR) is 89.0 cm³/mol. The van der Waals surface area contributed by atoms with Gasteiger partial charge in [0.15, 0.2) is 0 Å². The summed E-state index contributed by atoms with van der Waals surface area (Å²) in [4.78, 5) is 11.6. The maximum Gasteiger partial charge on any atom is 0.407 e. The van der Waals surface area contributed by atoms with Crippen molar-refractivity contribution in [2.24, 2.45) is 0 Å². The van der Waals surface area contributed by atoms with E-state index in [9.17, 15) is 4.79 Å². The highest BCUT2D eigenvalue weighted by Crippen LogP contribution is 2.22. The molecule has 0 saturated carbocycles. The number of rotatable bonds is 6. The summed E-state index contributed by atoms with van der Waals surface area (Å²) in [6.45, 7) is 0.773. The summed E-state index contributed by atoms with van der Waals surface area (Å²) >= 11 is 3.49. The SMILES string of the molecule is COc1ccc(Br)c(CCNC(=O)OCc2ccccc2)c1. The molecule has 0 atom stereocenters. The number of ether oxygens (including phenoxy) is 2. The monoisotopic (exact) mass is 363 g/mol. The van der Waals surface area contributed by atoms with Gasteiger partial charge in [-0.15, -0.1) is 0 Å². The van der Waals surface area contributed by atoms with Gasteiger partial charge in [0.2, 0.25) is 0 Å². The Morgan fingerprint density at radius 1 is 1.18 bits per heavy atom. The zero-order valence-corrected chi connectivity index (χ0v) is 13.9. The van der Waals surface area contributed by atoms with Crippen LogP contribution in [0.25, 0.3) is 0 Å². The van der Waals surface area contributed by atoms with Gasteiger partial charge in [-0.1, -0.05) is 46.3 Å². The van der Waals surface area contributed by atoms with Crippen LogP contribution in [0.2, 0.25) is 0 Å². The third kappa shape index (κ3) is 5.07. The fraction of sp³-hybridized carbons (Fsp3) is 0.235. The third-order valence-corrected chi connectivity index (χ3v) is 3.90. The molecule has 0 aliphatic heterocycles. The second-order valence-electron chi connectivity index (χ2n) is 4.70. The van der Waals surface area contributed by atoms with Crippen molar-refractivity contribution in [2.75, 3.05) is 13.7 Å². The minimum Gasteiger partial charge on any atom is -0.497 e. The van der Waals surface area contributed by atoms with E-state index in [1.54, 1.807) is 7.11 Å². The number of hydrogen-bond donors (Lipinski definition) is 1. The van der Waals surface area contributed by atoms with Crippen LogP contribution in [0.4, 0.5) is 4.79 Å². The van der Waals surface area contributed by atoms with Crippen LogP contribution in [0.1, 0.15) is 11.1 Å². The summed E-state index contributed by atoms with van der Waals surface area (Å²) in [5, 5.41) is 2.74. The van der Waals surface area contributed by atoms with Crippen LogP contribution < -0.4 is 10.1 Å². The van der Waals surface area contributed by atoms with Gasteiger partial charge in [-0.3, -0.25) is 0 Å². The molecule has 0 aliphatic carbocycles. The van der Waals surface area contributed by atoms with Crippen molar-refractivity contribution in [1.82, 2.24) is 5.32 Å². The highest BCUT2D eigenvalue weighted by Gasteiger charge is 2.05. The fourth-order valence-corrected chi connectivity index (χ4v) is 2.39. The first-order valence-electron chi connectivity index (χ1n) is 6.96. The molecule has 22 heavy (non-hydrogen) atoms. The lowest BCUT2D eigenvalue weighted by molar-refractivity contribution is 0.140. The first-order chi connectivity index (χ1) is 10.7. The minimum absolute atomic E-state index is 0.273. The lowest BCUT2D eigenvalue weighted by atomic mass is 10.1. The molecule has 0 bridgehead atoms. The number of nitrogens with one attached hydrogen (secondary N) is 1. The van der Waals surface area contributed by atoms with Gasteiger partial charge < -0.3 is 14.8 Å². The zero-order valence-electron chi connectivity index (χ0n) is 12.3. The number of hydrogen-bond acceptors (Lipinski definition) is 3. The number of halogens is 1. The lowest BCUT2D eigenvalue weighted by Gasteiger charge is -2.09. The second-order valence-corrected chi connectivity index (χ2v) is 5.55. The van der Waals surface area contributed by atoms with Crippen LogP contribution in [0.3, 0.4) is 0 Å². The minimum atomic E-state index is -0.414. The van der Waals surface area contributed by atoms with E-state index < -0.39 is 6.09 Å². The molecule has 2 aromatic carbocycles. The molecule has 0 aliphatic rings. The van der Waals surface area contributed by atoms with E-state index in [0.717, 1.165) is 21.3 Å². The lowest BCUT2D eigenvalue weighted by Crippen LogP contribution is -2.26. The van der Waals surface area contributed by atoms with Gasteiger partial charge >= 0.3 is 6.09 Å². The van der Waals surface area contributed by atoms with Crippen molar-refractivity contribution >= 4 is 22.0 Å². The Morgan fingerprint density at radius 2 is 1.95 bits per heavy atom. The maximum atomic E-state index is 11.6. The molecule has 2 aromatic rings. The van der Waals surface area contributed by atoms with Crippen molar-refractivity contribution < 1.29 is 14.3 Å². The maximum absolute atomic E-state index is 11.6. The van der Waals surface area contributed by atoms with Crippen molar-refractivity contribution in [3.8, 4) is 5.75 Å². The second kappa shape index (κ2) is 8.44.